The molecule has 2 bridgehead atoms. The maximum atomic E-state index is 4.23. The van der Waals surface area contributed by atoms with Gasteiger partial charge < -0.3 is 10.6 Å². The third kappa shape index (κ3) is 3.60. The van der Waals surface area contributed by atoms with E-state index in [1.807, 2.05) is 0 Å². The van der Waals surface area contributed by atoms with Crippen molar-refractivity contribution < 1.29 is 0 Å². The highest BCUT2D eigenvalue weighted by Crippen LogP contribution is 2.62. The fourth-order valence-corrected chi connectivity index (χ4v) is 7.21. The molecule has 0 radical (unpaired) electrons. The Kier molecular flexibility index (Phi) is 5.37. The molecule has 1 heterocycles. The van der Waals surface area contributed by atoms with Crippen molar-refractivity contribution in [1.82, 2.24) is 10.6 Å². The molecule has 3 aliphatic rings. The molecular weight excluding hydrogens is 388 g/mol. The van der Waals surface area contributed by atoms with Crippen molar-refractivity contribution in [2.75, 3.05) is 0 Å². The van der Waals surface area contributed by atoms with Crippen LogP contribution < -0.4 is 10.6 Å². The highest BCUT2D eigenvalue weighted by molar-refractivity contribution is 5.36. The predicted octanol–water partition coefficient (Wildman–Crippen LogP) is 5.90. The molecule has 32 heavy (non-hydrogen) atoms. The Bertz CT molecular complexity index is 979. The Morgan fingerprint density at radius 1 is 0.812 bits per heavy atom. The van der Waals surface area contributed by atoms with Gasteiger partial charge >= 0.3 is 0 Å². The van der Waals surface area contributed by atoms with Crippen LogP contribution >= 0.6 is 0 Å². The van der Waals surface area contributed by atoms with Crippen molar-refractivity contribution in [2.45, 2.75) is 62.7 Å². The molecule has 3 unspecified atom stereocenters. The minimum Gasteiger partial charge on any atom is -0.308 e. The zero-order valence-corrected chi connectivity index (χ0v) is 18.8. The van der Waals surface area contributed by atoms with E-state index < -0.39 is 0 Å². The average molecular weight is 423 g/mol. The zero-order valence-electron chi connectivity index (χ0n) is 18.8. The van der Waals surface area contributed by atoms with Crippen LogP contribution in [0.5, 0.6) is 0 Å². The summed E-state index contributed by atoms with van der Waals surface area (Å²) in [5.74, 6) is 1.22. The molecule has 0 aromatic heterocycles. The van der Waals surface area contributed by atoms with E-state index >= 15 is 0 Å². The third-order valence-electron chi connectivity index (χ3n) is 8.64. The van der Waals surface area contributed by atoms with Gasteiger partial charge in [0.25, 0.3) is 0 Å². The molecule has 2 aliphatic carbocycles. The molecule has 0 amide bonds. The monoisotopic (exact) mass is 422 g/mol. The smallest absolute Gasteiger partial charge is 0.0333 e. The van der Waals surface area contributed by atoms with Crippen molar-refractivity contribution in [3.63, 3.8) is 0 Å². The third-order valence-corrected chi connectivity index (χ3v) is 8.64. The predicted molar refractivity (Wildman–Crippen MR) is 132 cm³/mol. The molecule has 0 spiro atoms. The van der Waals surface area contributed by atoms with E-state index in [1.54, 1.807) is 0 Å². The Balaban J connectivity index is 1.37. The van der Waals surface area contributed by atoms with Gasteiger partial charge in [-0.3, -0.25) is 0 Å². The molecule has 1 aliphatic heterocycles. The van der Waals surface area contributed by atoms with Gasteiger partial charge in [0.1, 0.15) is 0 Å². The lowest BCUT2D eigenvalue weighted by Crippen LogP contribution is -2.56. The Morgan fingerprint density at radius 3 is 2.09 bits per heavy atom. The van der Waals surface area contributed by atoms with Gasteiger partial charge in [-0.25, -0.2) is 0 Å². The van der Waals surface area contributed by atoms with Gasteiger partial charge in [-0.2, -0.15) is 0 Å². The van der Waals surface area contributed by atoms with Crippen LogP contribution in [0.1, 0.15) is 54.7 Å². The fraction of sp³-hybridized carbons (Fsp3) is 0.400. The molecule has 1 saturated heterocycles. The maximum Gasteiger partial charge on any atom is 0.0333 e. The first-order valence-electron chi connectivity index (χ1n) is 12.5. The molecule has 6 rings (SSSR count). The van der Waals surface area contributed by atoms with Crippen LogP contribution in [0.2, 0.25) is 0 Å². The topological polar surface area (TPSA) is 24.1 Å². The van der Waals surface area contributed by atoms with Gasteiger partial charge in [0.05, 0.1) is 0 Å². The number of nitrogens with one attached hydrogen (secondary N) is 2. The zero-order chi connectivity index (χ0) is 21.4. The largest absolute Gasteiger partial charge is 0.308 e. The molecule has 3 aromatic rings. The molecule has 2 saturated carbocycles. The SMILES string of the molecule is c1ccc(CNC2C[C@@]34CCC[C@H]3C(C4)NC2C(c2ccccc2)c2ccccc2)cc1. The van der Waals surface area contributed by atoms with E-state index in [-0.39, 0.29) is 0 Å². The summed E-state index contributed by atoms with van der Waals surface area (Å²) in [5.41, 5.74) is 4.78. The van der Waals surface area contributed by atoms with Gasteiger partial charge in [0.15, 0.2) is 0 Å². The molecular formula is C30H34N2. The summed E-state index contributed by atoms with van der Waals surface area (Å²) >= 11 is 0. The minimum atomic E-state index is 0.349. The molecule has 5 atom stereocenters. The van der Waals surface area contributed by atoms with Crippen LogP contribution in [0.4, 0.5) is 0 Å². The summed E-state index contributed by atoms with van der Waals surface area (Å²) in [4.78, 5) is 0. The molecule has 2 N–H and O–H groups in total. The number of rotatable bonds is 6. The lowest BCUT2D eigenvalue weighted by Gasteiger charge is -2.50. The van der Waals surface area contributed by atoms with Gasteiger partial charge in [0.2, 0.25) is 0 Å². The Labute approximate surface area is 192 Å². The van der Waals surface area contributed by atoms with E-state index in [4.69, 9.17) is 0 Å². The second kappa shape index (κ2) is 8.50. The van der Waals surface area contributed by atoms with E-state index in [2.05, 4.69) is 102 Å². The summed E-state index contributed by atoms with van der Waals surface area (Å²) < 4.78 is 0. The number of hydrogen-bond acceptors (Lipinski definition) is 2. The molecule has 2 heteroatoms. The van der Waals surface area contributed by atoms with Crippen molar-refractivity contribution in [3.05, 3.63) is 108 Å². The van der Waals surface area contributed by atoms with Gasteiger partial charge in [0, 0.05) is 30.6 Å². The highest BCUT2D eigenvalue weighted by atomic mass is 15.1. The Hall–Kier alpha value is -2.42. The second-order valence-corrected chi connectivity index (χ2v) is 10.3. The first-order valence-corrected chi connectivity index (χ1v) is 12.5. The first kappa shape index (κ1) is 20.2. The average Bonchev–Trinajstić information content (AvgIpc) is 3.00. The number of benzene rings is 3. The summed E-state index contributed by atoms with van der Waals surface area (Å²) in [6.07, 6.45) is 6.92. The summed E-state index contributed by atoms with van der Waals surface area (Å²) in [7, 11) is 0. The fourth-order valence-electron chi connectivity index (χ4n) is 7.21. The van der Waals surface area contributed by atoms with Crippen molar-refractivity contribution in [3.8, 4) is 0 Å². The van der Waals surface area contributed by atoms with E-state index in [0.717, 1.165) is 12.5 Å². The Morgan fingerprint density at radius 2 is 1.44 bits per heavy atom. The van der Waals surface area contributed by atoms with Crippen molar-refractivity contribution in [1.29, 1.82) is 0 Å². The standard InChI is InChI=1S/C30H34N2/c1-4-11-22(12-5-1)21-31-27-20-30-18-10-17-25(30)26(19-30)32-29(27)28(23-13-6-2-7-14-23)24-15-8-3-9-16-24/h1-9,11-16,25-29,31-32H,10,17-21H2/t25-,26?,27?,29?,30-/m0/s1. The van der Waals surface area contributed by atoms with E-state index in [0.29, 0.717) is 29.5 Å². The van der Waals surface area contributed by atoms with Crippen LogP contribution in [0.15, 0.2) is 91.0 Å². The minimum absolute atomic E-state index is 0.349. The number of hydrogen-bond donors (Lipinski definition) is 2. The van der Waals surface area contributed by atoms with Crippen LogP contribution in [-0.2, 0) is 6.54 Å². The highest BCUT2D eigenvalue weighted by Gasteiger charge is 2.60. The quantitative estimate of drug-likeness (QED) is 0.517. The van der Waals surface area contributed by atoms with E-state index in [1.165, 1.54) is 48.8 Å². The normalized spacial score (nSPS) is 31.0. The van der Waals surface area contributed by atoms with Crippen molar-refractivity contribution >= 4 is 0 Å². The van der Waals surface area contributed by atoms with Crippen molar-refractivity contribution in [2.24, 2.45) is 11.3 Å². The van der Waals surface area contributed by atoms with Gasteiger partial charge in [-0.15, -0.1) is 0 Å². The molecule has 164 valence electrons. The summed E-state index contributed by atoms with van der Waals surface area (Å²) in [5, 5.41) is 8.28. The summed E-state index contributed by atoms with van der Waals surface area (Å²) in [6.45, 7) is 0.936. The maximum absolute atomic E-state index is 4.23. The molecule has 2 nitrogen and oxygen atoms in total. The van der Waals surface area contributed by atoms with Crippen LogP contribution in [0, 0.1) is 11.3 Å². The lowest BCUT2D eigenvalue weighted by molar-refractivity contribution is 0.0223. The van der Waals surface area contributed by atoms with Gasteiger partial charge in [-0.1, -0.05) is 97.4 Å². The lowest BCUT2D eigenvalue weighted by atomic mass is 9.57. The first-order chi connectivity index (χ1) is 15.8. The summed E-state index contributed by atoms with van der Waals surface area (Å²) in [6, 6.07) is 34.8. The second-order valence-electron chi connectivity index (χ2n) is 10.3. The molecule has 3 aromatic carbocycles. The van der Waals surface area contributed by atoms with Crippen LogP contribution in [0.25, 0.3) is 0 Å². The van der Waals surface area contributed by atoms with Crippen LogP contribution in [-0.4, -0.2) is 18.1 Å². The van der Waals surface area contributed by atoms with Crippen LogP contribution in [0.3, 0.4) is 0 Å². The van der Waals surface area contributed by atoms with E-state index in [9.17, 15) is 0 Å². The molecule has 3 fully saturated rings. The van der Waals surface area contributed by atoms with Gasteiger partial charge in [-0.05, 0) is 53.7 Å².